The van der Waals surface area contributed by atoms with E-state index in [0.717, 1.165) is 16.5 Å². The van der Waals surface area contributed by atoms with Crippen molar-refractivity contribution >= 4 is 16.6 Å². The number of aromatic nitrogens is 3. The zero-order valence-electron chi connectivity index (χ0n) is 11.5. The molecule has 2 heterocycles. The lowest BCUT2D eigenvalue weighted by molar-refractivity contribution is 0.379. The third-order valence-corrected chi connectivity index (χ3v) is 3.26. The summed E-state index contributed by atoms with van der Waals surface area (Å²) in [5.41, 5.74) is 8.06. The number of benzene rings is 1. The molecule has 3 rings (SSSR count). The van der Waals surface area contributed by atoms with Crippen molar-refractivity contribution < 1.29 is 4.74 Å². The van der Waals surface area contributed by atoms with E-state index in [4.69, 9.17) is 10.5 Å². The highest BCUT2D eigenvalue weighted by Gasteiger charge is 2.08. The van der Waals surface area contributed by atoms with Gasteiger partial charge in [0, 0.05) is 35.0 Å². The van der Waals surface area contributed by atoms with Gasteiger partial charge >= 0.3 is 0 Å². The number of nitrogens with two attached hydrogens (primary N) is 1. The fraction of sp³-hybridized carbons (Fsp3) is 0.133. The van der Waals surface area contributed by atoms with Crippen LogP contribution in [0.15, 0.2) is 47.4 Å². The summed E-state index contributed by atoms with van der Waals surface area (Å²) in [7, 11) is 1.51. The lowest BCUT2D eigenvalue weighted by Crippen LogP contribution is -2.22. The first-order valence-electron chi connectivity index (χ1n) is 6.43. The van der Waals surface area contributed by atoms with Crippen molar-refractivity contribution in [3.8, 4) is 5.88 Å². The highest BCUT2D eigenvalue weighted by Crippen LogP contribution is 2.22. The van der Waals surface area contributed by atoms with Crippen LogP contribution < -0.4 is 16.0 Å². The van der Waals surface area contributed by atoms with Gasteiger partial charge in [-0.05, 0) is 18.2 Å². The van der Waals surface area contributed by atoms with Crippen molar-refractivity contribution in [3.63, 3.8) is 0 Å². The van der Waals surface area contributed by atoms with Crippen LogP contribution in [0.25, 0.3) is 10.9 Å². The largest absolute Gasteiger partial charge is 0.480 e. The van der Waals surface area contributed by atoms with Gasteiger partial charge in [0.2, 0.25) is 5.88 Å². The van der Waals surface area contributed by atoms with Gasteiger partial charge in [0.25, 0.3) is 5.56 Å². The number of pyridine rings is 1. The predicted octanol–water partition coefficient (Wildman–Crippen LogP) is 1.43. The first-order chi connectivity index (χ1) is 10.2. The monoisotopic (exact) mass is 282 g/mol. The number of rotatable bonds is 3. The van der Waals surface area contributed by atoms with Gasteiger partial charge in [0.15, 0.2) is 0 Å². The lowest BCUT2D eigenvalue weighted by atomic mass is 10.1. The summed E-state index contributed by atoms with van der Waals surface area (Å²) < 4.78 is 6.39. The number of anilines is 1. The van der Waals surface area contributed by atoms with E-state index in [9.17, 15) is 4.79 Å². The smallest absolute Gasteiger partial charge is 0.267 e. The zero-order chi connectivity index (χ0) is 14.8. The first kappa shape index (κ1) is 13.1. The normalized spacial score (nSPS) is 10.7. The molecule has 1 aromatic carbocycles. The van der Waals surface area contributed by atoms with E-state index < -0.39 is 0 Å². The van der Waals surface area contributed by atoms with Gasteiger partial charge in [-0.25, -0.2) is 4.68 Å². The summed E-state index contributed by atoms with van der Waals surface area (Å²) in [5, 5.41) is 5.00. The van der Waals surface area contributed by atoms with Crippen molar-refractivity contribution in [2.45, 2.75) is 6.54 Å². The molecule has 2 aromatic heterocycles. The SMILES string of the molecule is COc1ccc(=O)n(Cc2ccc(N)c3cccnc23)n1. The van der Waals surface area contributed by atoms with Crippen molar-refractivity contribution in [2.75, 3.05) is 12.8 Å². The molecule has 0 aliphatic rings. The Morgan fingerprint density at radius 1 is 1.24 bits per heavy atom. The first-order valence-corrected chi connectivity index (χ1v) is 6.43. The lowest BCUT2D eigenvalue weighted by Gasteiger charge is -2.09. The van der Waals surface area contributed by atoms with Gasteiger partial charge in [-0.2, -0.15) is 0 Å². The Balaban J connectivity index is 2.11. The molecule has 0 radical (unpaired) electrons. The molecule has 0 fully saturated rings. The number of methoxy groups -OCH3 is 1. The van der Waals surface area contributed by atoms with E-state index >= 15 is 0 Å². The van der Waals surface area contributed by atoms with Gasteiger partial charge in [0.05, 0.1) is 19.2 Å². The molecular formula is C15H14N4O2. The summed E-state index contributed by atoms with van der Waals surface area (Å²) >= 11 is 0. The quantitative estimate of drug-likeness (QED) is 0.735. The van der Waals surface area contributed by atoms with Crippen LogP contribution in [0, 0.1) is 0 Å². The van der Waals surface area contributed by atoms with Crippen molar-refractivity contribution in [3.05, 3.63) is 58.5 Å². The van der Waals surface area contributed by atoms with Gasteiger partial charge < -0.3 is 10.5 Å². The summed E-state index contributed by atoms with van der Waals surface area (Å²) in [4.78, 5) is 16.3. The van der Waals surface area contributed by atoms with Crippen LogP contribution in [0.1, 0.15) is 5.56 Å². The van der Waals surface area contributed by atoms with E-state index in [1.54, 1.807) is 6.20 Å². The Hall–Kier alpha value is -2.89. The molecule has 0 aliphatic carbocycles. The molecule has 0 spiro atoms. The van der Waals surface area contributed by atoms with Crippen LogP contribution in [0.5, 0.6) is 5.88 Å². The molecule has 2 N–H and O–H groups in total. The molecule has 0 saturated heterocycles. The Labute approximate surface area is 120 Å². The molecule has 6 nitrogen and oxygen atoms in total. The maximum atomic E-state index is 11.9. The molecular weight excluding hydrogens is 268 g/mol. The molecule has 0 bridgehead atoms. The molecule has 106 valence electrons. The average Bonchev–Trinajstić information content (AvgIpc) is 2.52. The molecule has 0 unspecified atom stereocenters. The third kappa shape index (κ3) is 2.43. The standard InChI is InChI=1S/C15H14N4O2/c1-21-13-6-7-14(20)19(18-13)9-10-4-5-12(16)11-3-2-8-17-15(10)11/h2-8H,9,16H2,1H3. The molecule has 0 aliphatic heterocycles. The molecule has 21 heavy (non-hydrogen) atoms. The van der Waals surface area contributed by atoms with E-state index in [2.05, 4.69) is 10.1 Å². The van der Waals surface area contributed by atoms with Gasteiger partial charge in [0.1, 0.15) is 0 Å². The summed E-state index contributed by atoms with van der Waals surface area (Å²) in [6.45, 7) is 0.309. The molecule has 3 aromatic rings. The van der Waals surface area contributed by atoms with Crippen molar-refractivity contribution in [2.24, 2.45) is 0 Å². The maximum absolute atomic E-state index is 11.9. The number of ether oxygens (including phenoxy) is 1. The topological polar surface area (TPSA) is 83.0 Å². The molecule has 6 heteroatoms. The number of nitrogen functional groups attached to an aromatic ring is 1. The van der Waals surface area contributed by atoms with Crippen LogP contribution in [0.4, 0.5) is 5.69 Å². The maximum Gasteiger partial charge on any atom is 0.267 e. The van der Waals surface area contributed by atoms with Crippen LogP contribution in [0.2, 0.25) is 0 Å². The highest BCUT2D eigenvalue weighted by atomic mass is 16.5. The minimum absolute atomic E-state index is 0.197. The predicted molar refractivity (Wildman–Crippen MR) is 80.3 cm³/mol. The Morgan fingerprint density at radius 2 is 2.10 bits per heavy atom. The number of nitrogens with zero attached hydrogens (tertiary/aromatic N) is 3. The van der Waals surface area contributed by atoms with Gasteiger partial charge in [-0.3, -0.25) is 9.78 Å². The summed E-state index contributed by atoms with van der Waals surface area (Å²) in [6.07, 6.45) is 1.70. The molecule has 0 saturated carbocycles. The van der Waals surface area contributed by atoms with E-state index in [0.29, 0.717) is 18.1 Å². The number of hydrogen-bond donors (Lipinski definition) is 1. The second kappa shape index (κ2) is 5.24. The minimum Gasteiger partial charge on any atom is -0.480 e. The summed E-state index contributed by atoms with van der Waals surface area (Å²) in [5.74, 6) is 0.391. The average molecular weight is 282 g/mol. The van der Waals surface area contributed by atoms with Crippen LogP contribution in [-0.2, 0) is 6.54 Å². The second-order valence-electron chi connectivity index (χ2n) is 4.59. The van der Waals surface area contributed by atoms with Gasteiger partial charge in [-0.1, -0.05) is 6.07 Å². The van der Waals surface area contributed by atoms with E-state index in [1.165, 1.54) is 23.9 Å². The highest BCUT2D eigenvalue weighted by molar-refractivity contribution is 5.92. The van der Waals surface area contributed by atoms with Crippen LogP contribution in [0.3, 0.4) is 0 Å². The third-order valence-electron chi connectivity index (χ3n) is 3.26. The summed E-state index contributed by atoms with van der Waals surface area (Å²) in [6, 6.07) is 10.4. The molecule has 0 atom stereocenters. The Bertz CT molecular complexity index is 858. The Morgan fingerprint density at radius 3 is 2.90 bits per heavy atom. The van der Waals surface area contributed by atoms with Gasteiger partial charge in [-0.15, -0.1) is 5.10 Å². The fourth-order valence-corrected chi connectivity index (χ4v) is 2.19. The van der Waals surface area contributed by atoms with E-state index in [1.807, 2.05) is 24.3 Å². The minimum atomic E-state index is -0.197. The zero-order valence-corrected chi connectivity index (χ0v) is 11.5. The Kier molecular flexibility index (Phi) is 3.27. The van der Waals surface area contributed by atoms with Crippen molar-refractivity contribution in [1.29, 1.82) is 0 Å². The van der Waals surface area contributed by atoms with E-state index in [-0.39, 0.29) is 5.56 Å². The fourth-order valence-electron chi connectivity index (χ4n) is 2.19. The molecule has 0 amide bonds. The van der Waals surface area contributed by atoms with Crippen LogP contribution >= 0.6 is 0 Å². The second-order valence-corrected chi connectivity index (χ2v) is 4.59. The van der Waals surface area contributed by atoms with Crippen LogP contribution in [-0.4, -0.2) is 21.9 Å². The number of fused-ring (bicyclic) bond motifs is 1. The van der Waals surface area contributed by atoms with Crippen molar-refractivity contribution in [1.82, 2.24) is 14.8 Å². The number of hydrogen-bond acceptors (Lipinski definition) is 5.